The molecule has 4 aromatic rings. The maximum absolute atomic E-state index is 14.9. The molecule has 57 heavy (non-hydrogen) atoms. The second-order valence-electron chi connectivity index (χ2n) is 15.1. The number of nitrogens with two attached hydrogens (primary N) is 1. The fourth-order valence-electron chi connectivity index (χ4n) is 6.87. The van der Waals surface area contributed by atoms with Crippen molar-refractivity contribution in [1.29, 1.82) is 0 Å². The third-order valence-corrected chi connectivity index (χ3v) is 11.0. The zero-order valence-electron chi connectivity index (χ0n) is 30.2. The number of carbonyl (C=O) groups excluding carboxylic acids is 2. The minimum Gasteiger partial charge on any atom is -0.463 e. The average molecular weight is 828 g/mol. The van der Waals surface area contributed by atoms with Gasteiger partial charge in [-0.3, -0.25) is 14.5 Å². The van der Waals surface area contributed by atoms with E-state index in [4.69, 9.17) is 22.1 Å². The van der Waals surface area contributed by atoms with Crippen LogP contribution in [0.15, 0.2) is 60.0 Å². The maximum Gasteiger partial charge on any atom is 0.395 e. The Bertz CT molecular complexity index is 2210. The number of aromatic nitrogens is 6. The molecule has 2 aliphatic carbocycles. The predicted molar refractivity (Wildman–Crippen MR) is 186 cm³/mol. The van der Waals surface area contributed by atoms with E-state index in [1.807, 2.05) is 0 Å². The van der Waals surface area contributed by atoms with E-state index in [2.05, 4.69) is 25.3 Å². The molecule has 1 aliphatic heterocycles. The molecule has 21 heteroatoms. The van der Waals surface area contributed by atoms with E-state index in [0.717, 1.165) is 37.9 Å². The Hall–Kier alpha value is -5.14. The van der Waals surface area contributed by atoms with Crippen LogP contribution in [-0.2, 0) is 19.9 Å². The Morgan fingerprint density at radius 3 is 2.32 bits per heavy atom. The van der Waals surface area contributed by atoms with Gasteiger partial charge in [-0.15, -0.1) is 0 Å². The maximum atomic E-state index is 14.9. The van der Waals surface area contributed by atoms with E-state index in [1.165, 1.54) is 36.5 Å². The van der Waals surface area contributed by atoms with Gasteiger partial charge in [0.1, 0.15) is 18.6 Å². The highest BCUT2D eigenvalue weighted by Crippen LogP contribution is 2.60. The van der Waals surface area contributed by atoms with E-state index in [9.17, 15) is 44.7 Å². The fraction of sp³-hybridized carbons (Fsp3) is 0.472. The van der Waals surface area contributed by atoms with Crippen LogP contribution in [0.4, 0.5) is 35.1 Å². The van der Waals surface area contributed by atoms with Crippen molar-refractivity contribution in [3.8, 4) is 16.9 Å². The SMILES string of the molecule is CC(C)(C[C@]1(c2ccc(-c3cnn(C4CC4)n3)cc2)N=C(N)N([C@H](COC(=O)CC2(C(F)(F)F)CC2)c2ccc(Cl)c(-n3ncnc3C(F)F)c2)C1=O)C(F)(F)F. The molecule has 3 aliphatic rings. The summed E-state index contributed by atoms with van der Waals surface area (Å²) in [5.41, 5.74) is 0.0422. The molecule has 0 spiro atoms. The Morgan fingerprint density at radius 1 is 1.04 bits per heavy atom. The first-order valence-corrected chi connectivity index (χ1v) is 18.0. The van der Waals surface area contributed by atoms with Crippen molar-refractivity contribution in [2.24, 2.45) is 21.6 Å². The number of aliphatic imine (C=N–C) groups is 1. The molecular formula is C36H34ClF8N9O3. The number of hydrogen-bond acceptors (Lipinski definition) is 9. The number of benzene rings is 2. The van der Waals surface area contributed by atoms with Crippen molar-refractivity contribution in [1.82, 2.24) is 34.7 Å². The van der Waals surface area contributed by atoms with E-state index in [-0.39, 0.29) is 40.7 Å². The third kappa shape index (κ3) is 7.43. The number of halogens is 9. The number of esters is 1. The van der Waals surface area contributed by atoms with Crippen molar-refractivity contribution in [3.05, 3.63) is 77.0 Å². The lowest BCUT2D eigenvalue weighted by Crippen LogP contribution is -2.49. The number of nitrogens with zero attached hydrogens (tertiary/aromatic N) is 8. The van der Waals surface area contributed by atoms with Crippen LogP contribution in [0, 0.1) is 10.8 Å². The van der Waals surface area contributed by atoms with Crippen LogP contribution in [0.3, 0.4) is 0 Å². The average Bonchev–Trinajstić information content (AvgIpc) is 4.00. The molecule has 0 saturated heterocycles. The second-order valence-corrected chi connectivity index (χ2v) is 15.5. The van der Waals surface area contributed by atoms with Gasteiger partial charge in [-0.1, -0.05) is 55.8 Å². The quantitative estimate of drug-likeness (QED) is 0.106. The summed E-state index contributed by atoms with van der Waals surface area (Å²) in [7, 11) is 0. The van der Waals surface area contributed by atoms with Gasteiger partial charge in [0.05, 0.1) is 46.2 Å². The number of hydrogen-bond donors (Lipinski definition) is 1. The summed E-state index contributed by atoms with van der Waals surface area (Å²) >= 11 is 6.38. The molecular weight excluding hydrogens is 794 g/mol. The monoisotopic (exact) mass is 827 g/mol. The summed E-state index contributed by atoms with van der Waals surface area (Å²) in [5.74, 6) is -3.80. The first kappa shape index (κ1) is 40.1. The normalized spacial score (nSPS) is 20.2. The molecule has 12 nitrogen and oxygen atoms in total. The zero-order valence-corrected chi connectivity index (χ0v) is 30.9. The molecule has 2 N–H and O–H groups in total. The molecule has 0 bridgehead atoms. The second kappa shape index (κ2) is 14.1. The lowest BCUT2D eigenvalue weighted by Gasteiger charge is -2.37. The minimum atomic E-state index is -4.85. The van der Waals surface area contributed by atoms with Crippen LogP contribution in [0.25, 0.3) is 16.9 Å². The molecule has 2 saturated carbocycles. The summed E-state index contributed by atoms with van der Waals surface area (Å²) in [6.07, 6.45) is -11.1. The van der Waals surface area contributed by atoms with Crippen molar-refractivity contribution in [2.75, 3.05) is 6.61 Å². The van der Waals surface area contributed by atoms with E-state index < -0.39 is 84.3 Å². The number of carbonyl (C=O) groups is 2. The van der Waals surface area contributed by atoms with E-state index in [0.29, 0.717) is 15.9 Å². The summed E-state index contributed by atoms with van der Waals surface area (Å²) in [5, 5.41) is 12.4. The van der Waals surface area contributed by atoms with Crippen LogP contribution in [0.2, 0.25) is 5.02 Å². The minimum absolute atomic E-state index is 0.00573. The predicted octanol–water partition coefficient (Wildman–Crippen LogP) is 7.80. The summed E-state index contributed by atoms with van der Waals surface area (Å²) in [6, 6.07) is 8.21. The highest BCUT2D eigenvalue weighted by Gasteiger charge is 2.64. The van der Waals surface area contributed by atoms with E-state index in [1.54, 1.807) is 16.9 Å². The molecule has 7 rings (SSSR count). The molecule has 2 fully saturated rings. The molecule has 1 amide bonds. The lowest BCUT2D eigenvalue weighted by atomic mass is 9.74. The largest absolute Gasteiger partial charge is 0.463 e. The number of alkyl halides is 8. The molecule has 2 aromatic heterocycles. The standard InChI is InChI=1S/C36H34ClF8N9O3/c1-32(2,35(40,41)42)17-34(21-6-3-19(4-7-21)24-15-48-54(51-24)22-8-9-22)30(56)52(31(46)50-34)26(16-57-27(55)14-33(11-12-33)36(43,44)45)20-5-10-23(37)25(13-20)53-29(28(38)39)47-18-49-53/h3-7,10,13,15,18,22,26,28H,8-9,11-12,14,16-17H2,1-2H3,(H2,46,50)/t26-,34-/m1/s1. The summed E-state index contributed by atoms with van der Waals surface area (Å²) < 4.78 is 119. The van der Waals surface area contributed by atoms with Crippen LogP contribution >= 0.6 is 11.6 Å². The van der Waals surface area contributed by atoms with Crippen molar-refractivity contribution in [3.63, 3.8) is 0 Å². The molecule has 0 radical (unpaired) electrons. The van der Waals surface area contributed by atoms with Crippen LogP contribution in [-0.4, -0.2) is 71.5 Å². The number of guanidine groups is 1. The molecule has 2 aromatic carbocycles. The zero-order chi connectivity index (χ0) is 41.3. The van der Waals surface area contributed by atoms with Gasteiger partial charge in [0.25, 0.3) is 12.3 Å². The lowest BCUT2D eigenvalue weighted by molar-refractivity contribution is -0.218. The summed E-state index contributed by atoms with van der Waals surface area (Å²) in [4.78, 5) is 38.2. The highest BCUT2D eigenvalue weighted by molar-refractivity contribution is 6.32. The van der Waals surface area contributed by atoms with Crippen molar-refractivity contribution < 1.29 is 49.4 Å². The van der Waals surface area contributed by atoms with Gasteiger partial charge < -0.3 is 10.5 Å². The van der Waals surface area contributed by atoms with Gasteiger partial charge in [-0.2, -0.15) is 46.4 Å². The van der Waals surface area contributed by atoms with Gasteiger partial charge in [-0.25, -0.2) is 23.4 Å². The Balaban J connectivity index is 1.29. The Labute approximate surface area is 324 Å². The van der Waals surface area contributed by atoms with Gasteiger partial charge in [-0.05, 0) is 55.4 Å². The number of ether oxygens (including phenoxy) is 1. The van der Waals surface area contributed by atoms with Gasteiger partial charge in [0.15, 0.2) is 17.3 Å². The first-order valence-electron chi connectivity index (χ1n) is 17.7. The van der Waals surface area contributed by atoms with Crippen LogP contribution in [0.1, 0.15) is 87.8 Å². The first-order chi connectivity index (χ1) is 26.7. The number of amides is 1. The molecule has 2 atom stereocenters. The highest BCUT2D eigenvalue weighted by atomic mass is 35.5. The third-order valence-electron chi connectivity index (χ3n) is 10.6. The van der Waals surface area contributed by atoms with Crippen LogP contribution in [0.5, 0.6) is 0 Å². The fourth-order valence-corrected chi connectivity index (χ4v) is 7.07. The van der Waals surface area contributed by atoms with E-state index >= 15 is 0 Å². The summed E-state index contributed by atoms with van der Waals surface area (Å²) in [6.45, 7) is 0.904. The van der Waals surface area contributed by atoms with Gasteiger partial charge >= 0.3 is 18.3 Å². The number of rotatable bonds is 13. The molecule has 0 unspecified atom stereocenters. The van der Waals surface area contributed by atoms with Crippen molar-refractivity contribution >= 4 is 29.4 Å². The van der Waals surface area contributed by atoms with Crippen LogP contribution < -0.4 is 5.73 Å². The Kier molecular flexibility index (Phi) is 9.88. The smallest absolute Gasteiger partial charge is 0.395 e. The molecule has 304 valence electrons. The van der Waals surface area contributed by atoms with Crippen molar-refractivity contribution in [2.45, 2.75) is 88.8 Å². The Morgan fingerprint density at radius 2 is 1.72 bits per heavy atom. The van der Waals surface area contributed by atoms with Gasteiger partial charge in [0, 0.05) is 5.56 Å². The van der Waals surface area contributed by atoms with Gasteiger partial charge in [0.2, 0.25) is 0 Å². The molecule has 3 heterocycles. The topological polar surface area (TPSA) is 146 Å².